The van der Waals surface area contributed by atoms with Crippen molar-refractivity contribution in [2.24, 2.45) is 35.5 Å². The number of nitrogens with one attached hydrogen (secondary N) is 1. The van der Waals surface area contributed by atoms with Crippen molar-refractivity contribution < 1.29 is 22.8 Å². The minimum atomic E-state index is -4.18. The van der Waals surface area contributed by atoms with E-state index in [9.17, 15) is 18.0 Å². The Morgan fingerprint density at radius 1 is 1.21 bits per heavy atom. The summed E-state index contributed by atoms with van der Waals surface area (Å²) in [6.45, 7) is 5.54. The van der Waals surface area contributed by atoms with E-state index in [2.05, 4.69) is 19.3 Å². The predicted octanol–water partition coefficient (Wildman–Crippen LogP) is 4.55. The summed E-state index contributed by atoms with van der Waals surface area (Å²) in [7, 11) is 0. The molecule has 166 valence electrons. The molecule has 2 aliphatic heterocycles. The zero-order chi connectivity index (χ0) is 20.8. The molecule has 1 N–H and O–H groups in total. The van der Waals surface area contributed by atoms with Crippen molar-refractivity contribution in [2.75, 3.05) is 13.2 Å². The Kier molecular flexibility index (Phi) is 6.18. The Balaban J connectivity index is 1.40. The third-order valence-electron chi connectivity index (χ3n) is 8.32. The van der Waals surface area contributed by atoms with E-state index in [1.54, 1.807) is 0 Å². The number of fused-ring (bicyclic) bond motifs is 1. The summed E-state index contributed by atoms with van der Waals surface area (Å²) in [6.07, 6.45) is 2.28. The van der Waals surface area contributed by atoms with E-state index in [1.165, 1.54) is 0 Å². The van der Waals surface area contributed by atoms with Crippen molar-refractivity contribution in [1.29, 1.82) is 0 Å². The van der Waals surface area contributed by atoms with Gasteiger partial charge in [0.15, 0.2) is 0 Å². The maximum Gasteiger partial charge on any atom is 0.392 e. The molecule has 2 heterocycles. The topological polar surface area (TPSA) is 41.6 Å². The fraction of sp³-hybridized carbons (Fsp3) is 0.955. The molecule has 7 heteroatoms. The molecule has 4 nitrogen and oxygen atoms in total. The Hall–Kier alpha value is -0.820. The molecule has 0 aromatic heterocycles. The van der Waals surface area contributed by atoms with E-state index < -0.39 is 23.9 Å². The first-order valence-corrected chi connectivity index (χ1v) is 11.5. The number of alkyl halides is 3. The van der Waals surface area contributed by atoms with Gasteiger partial charge in [0, 0.05) is 24.5 Å². The molecular weight excluding hydrogens is 381 g/mol. The van der Waals surface area contributed by atoms with Crippen LogP contribution in [0.4, 0.5) is 13.2 Å². The summed E-state index contributed by atoms with van der Waals surface area (Å²) in [5.41, 5.74) is 3.13. The molecule has 1 amide bonds. The summed E-state index contributed by atoms with van der Waals surface area (Å²) >= 11 is 0. The van der Waals surface area contributed by atoms with Crippen LogP contribution in [0.5, 0.6) is 0 Å². The quantitative estimate of drug-likeness (QED) is 0.731. The van der Waals surface area contributed by atoms with Crippen LogP contribution in [-0.4, -0.2) is 42.2 Å². The molecule has 0 aromatic rings. The highest BCUT2D eigenvalue weighted by Gasteiger charge is 2.55. The molecule has 8 unspecified atom stereocenters. The van der Waals surface area contributed by atoms with Crippen molar-refractivity contribution >= 4 is 5.91 Å². The Bertz CT molecular complexity index is 599. The lowest BCUT2D eigenvalue weighted by Crippen LogP contribution is -2.42. The van der Waals surface area contributed by atoms with Gasteiger partial charge in [0.2, 0.25) is 5.91 Å². The van der Waals surface area contributed by atoms with Gasteiger partial charge in [0.25, 0.3) is 0 Å². The maximum atomic E-state index is 13.5. The minimum Gasteiger partial charge on any atom is -0.339 e. The lowest BCUT2D eigenvalue weighted by molar-refractivity contribution is -0.198. The second-order valence-corrected chi connectivity index (χ2v) is 10.1. The van der Waals surface area contributed by atoms with Gasteiger partial charge >= 0.3 is 6.18 Å². The Morgan fingerprint density at radius 3 is 2.66 bits per heavy atom. The van der Waals surface area contributed by atoms with Crippen LogP contribution in [0.3, 0.4) is 0 Å². The van der Waals surface area contributed by atoms with Crippen LogP contribution in [0.2, 0.25) is 0 Å². The SMILES string of the molecule is CC(CC1NOCC1C)C1CCCC(N2CC3C(CCCC3C(F)(F)F)C2=O)C1. The molecule has 29 heavy (non-hydrogen) atoms. The normalized spacial score (nSPS) is 42.2. The van der Waals surface area contributed by atoms with Crippen LogP contribution in [0.25, 0.3) is 0 Å². The smallest absolute Gasteiger partial charge is 0.339 e. The van der Waals surface area contributed by atoms with Gasteiger partial charge in [-0.15, -0.1) is 0 Å². The molecule has 2 saturated heterocycles. The van der Waals surface area contributed by atoms with E-state index in [1.807, 2.05) is 4.90 Å². The number of nitrogens with zero attached hydrogens (tertiary/aromatic N) is 1. The average Bonchev–Trinajstić information content (AvgIpc) is 3.24. The van der Waals surface area contributed by atoms with Gasteiger partial charge in [-0.25, -0.2) is 0 Å². The molecule has 4 aliphatic rings. The standard InChI is InChI=1S/C22H35F3N2O2/c1-13(9-20-14(2)12-29-26-20)15-5-3-6-16(10-15)27-11-18-17(21(27)28)7-4-8-19(18)22(23,24)25/h13-20,26H,3-12H2,1-2H3. The number of likely N-dealkylation sites (tertiary alicyclic amines) is 1. The molecular formula is C22H35F3N2O2. The van der Waals surface area contributed by atoms with Gasteiger partial charge in [-0.1, -0.05) is 33.1 Å². The van der Waals surface area contributed by atoms with Crippen molar-refractivity contribution in [1.82, 2.24) is 10.4 Å². The molecule has 0 bridgehead atoms. The zero-order valence-electron chi connectivity index (χ0n) is 17.6. The number of halogens is 3. The molecule has 2 saturated carbocycles. The molecule has 8 atom stereocenters. The van der Waals surface area contributed by atoms with Crippen LogP contribution in [0, 0.1) is 35.5 Å². The largest absolute Gasteiger partial charge is 0.392 e. The van der Waals surface area contributed by atoms with E-state index in [0.717, 1.165) is 38.7 Å². The molecule has 4 rings (SSSR count). The number of carbonyl (C=O) groups excluding carboxylic acids is 1. The molecule has 0 spiro atoms. The van der Waals surface area contributed by atoms with Gasteiger partial charge in [-0.2, -0.15) is 18.7 Å². The molecule has 4 fully saturated rings. The van der Waals surface area contributed by atoms with Crippen LogP contribution < -0.4 is 5.48 Å². The summed E-state index contributed by atoms with van der Waals surface area (Å²) < 4.78 is 40.6. The molecule has 0 aromatic carbocycles. The first-order valence-electron chi connectivity index (χ1n) is 11.5. The summed E-state index contributed by atoms with van der Waals surface area (Å²) in [4.78, 5) is 20.3. The Morgan fingerprint density at radius 2 is 1.97 bits per heavy atom. The van der Waals surface area contributed by atoms with Crippen LogP contribution in [0.15, 0.2) is 0 Å². The van der Waals surface area contributed by atoms with Gasteiger partial charge in [-0.05, 0) is 55.8 Å². The molecule has 2 aliphatic carbocycles. The zero-order valence-corrected chi connectivity index (χ0v) is 17.6. The second-order valence-electron chi connectivity index (χ2n) is 10.1. The average molecular weight is 417 g/mol. The Labute approximate surface area is 171 Å². The number of carbonyl (C=O) groups is 1. The van der Waals surface area contributed by atoms with Gasteiger partial charge in [0.1, 0.15) is 0 Å². The highest BCUT2D eigenvalue weighted by molar-refractivity contribution is 5.82. The lowest BCUT2D eigenvalue weighted by Gasteiger charge is -2.39. The van der Waals surface area contributed by atoms with Crippen LogP contribution >= 0.6 is 0 Å². The van der Waals surface area contributed by atoms with Crippen molar-refractivity contribution in [3.63, 3.8) is 0 Å². The second kappa shape index (κ2) is 8.37. The van der Waals surface area contributed by atoms with Gasteiger partial charge < -0.3 is 9.74 Å². The number of hydroxylamine groups is 1. The highest BCUT2D eigenvalue weighted by atomic mass is 19.4. The maximum absolute atomic E-state index is 13.5. The number of hydrogen-bond acceptors (Lipinski definition) is 3. The van der Waals surface area contributed by atoms with Crippen LogP contribution in [-0.2, 0) is 9.63 Å². The third-order valence-corrected chi connectivity index (χ3v) is 8.32. The predicted molar refractivity (Wildman–Crippen MR) is 104 cm³/mol. The fourth-order valence-corrected chi connectivity index (χ4v) is 6.49. The summed E-state index contributed by atoms with van der Waals surface area (Å²) in [5, 5.41) is 0. The molecule has 0 radical (unpaired) electrons. The monoisotopic (exact) mass is 416 g/mol. The summed E-state index contributed by atoms with van der Waals surface area (Å²) in [6, 6.07) is 0.489. The lowest BCUT2D eigenvalue weighted by atomic mass is 9.73. The van der Waals surface area contributed by atoms with Crippen LogP contribution in [0.1, 0.15) is 65.2 Å². The number of amides is 1. The first kappa shape index (κ1) is 21.4. The van der Waals surface area contributed by atoms with E-state index in [-0.39, 0.29) is 18.4 Å². The third kappa shape index (κ3) is 4.32. The fourth-order valence-electron chi connectivity index (χ4n) is 6.49. The number of hydrogen-bond donors (Lipinski definition) is 1. The van der Waals surface area contributed by atoms with Gasteiger partial charge in [0.05, 0.1) is 12.5 Å². The van der Waals surface area contributed by atoms with Crippen molar-refractivity contribution in [3.05, 3.63) is 0 Å². The number of rotatable bonds is 4. The van der Waals surface area contributed by atoms with Crippen molar-refractivity contribution in [3.8, 4) is 0 Å². The summed E-state index contributed by atoms with van der Waals surface area (Å²) in [5.74, 6) is -0.701. The van der Waals surface area contributed by atoms with E-state index in [0.29, 0.717) is 43.2 Å². The van der Waals surface area contributed by atoms with E-state index in [4.69, 9.17) is 4.84 Å². The highest BCUT2D eigenvalue weighted by Crippen LogP contribution is 2.49. The first-order chi connectivity index (χ1) is 13.8. The minimum absolute atomic E-state index is 0.00161. The van der Waals surface area contributed by atoms with Crippen molar-refractivity contribution in [2.45, 2.75) is 83.5 Å². The van der Waals surface area contributed by atoms with Gasteiger partial charge in [-0.3, -0.25) is 4.79 Å². The van der Waals surface area contributed by atoms with E-state index >= 15 is 0 Å².